The number of aromatic nitrogens is 2. The van der Waals surface area contributed by atoms with Gasteiger partial charge in [-0.25, -0.2) is 9.78 Å². The zero-order valence-electron chi connectivity index (χ0n) is 24.9. The molecule has 0 fully saturated rings. The number of anilines is 1. The quantitative estimate of drug-likeness (QED) is 0.146. The van der Waals surface area contributed by atoms with Crippen LogP contribution >= 0.6 is 11.3 Å². The number of hydrogen-bond acceptors (Lipinski definition) is 7. The Morgan fingerprint density at radius 2 is 1.71 bits per heavy atom. The molecule has 4 aromatic rings. The van der Waals surface area contributed by atoms with Gasteiger partial charge in [-0.05, 0) is 61.9 Å². The molecule has 2 aromatic carbocycles. The van der Waals surface area contributed by atoms with Gasteiger partial charge in [-0.1, -0.05) is 63.1 Å². The summed E-state index contributed by atoms with van der Waals surface area (Å²) in [4.78, 5) is 22.0. The number of ether oxygens (including phenoxy) is 1. The maximum absolute atomic E-state index is 11.2. The fourth-order valence-corrected chi connectivity index (χ4v) is 5.82. The van der Waals surface area contributed by atoms with E-state index in [1.54, 1.807) is 0 Å². The third-order valence-electron chi connectivity index (χ3n) is 7.08. The molecule has 0 saturated heterocycles. The van der Waals surface area contributed by atoms with Gasteiger partial charge in [0.1, 0.15) is 17.4 Å². The molecular formula is C34H41N3O4S. The average molecular weight is 588 g/mol. The molecule has 8 heteroatoms. The summed E-state index contributed by atoms with van der Waals surface area (Å²) in [6.07, 6.45) is 7.56. The SMILES string of the molecule is CCCC(CCC)c1ccc(N(Cc2ccc(-c3csc(COc4cncc(C(=O)O)c4)n3)cc2)CC(C)(C)O)cc1. The Bertz CT molecular complexity index is 1420. The van der Waals surface area contributed by atoms with Crippen LogP contribution < -0.4 is 9.64 Å². The molecule has 42 heavy (non-hydrogen) atoms. The van der Waals surface area contributed by atoms with E-state index in [1.807, 2.05) is 19.2 Å². The highest BCUT2D eigenvalue weighted by Crippen LogP contribution is 2.30. The zero-order valence-corrected chi connectivity index (χ0v) is 25.7. The van der Waals surface area contributed by atoms with E-state index < -0.39 is 11.6 Å². The van der Waals surface area contributed by atoms with Gasteiger partial charge in [0.25, 0.3) is 0 Å². The van der Waals surface area contributed by atoms with Crippen LogP contribution in [0.2, 0.25) is 0 Å². The Labute approximate surface area is 252 Å². The summed E-state index contributed by atoms with van der Waals surface area (Å²) in [5.41, 5.74) is 4.76. The molecule has 2 heterocycles. The molecule has 0 atom stereocenters. The number of rotatable bonds is 15. The third kappa shape index (κ3) is 8.87. The maximum atomic E-state index is 11.2. The standard InChI is InChI=1S/C34H41N3O4S/c1-5-7-25(8-6-2)26-13-15-29(16-14-26)37(23-34(3,4)40)20-24-9-11-27(12-10-24)31-22-42-32(36-31)21-41-30-17-28(33(38)39)18-35-19-30/h9-19,22,25,40H,5-8,20-21,23H2,1-4H3,(H,38,39). The van der Waals surface area contributed by atoms with E-state index in [0.717, 1.165) is 27.5 Å². The average Bonchev–Trinajstić information content (AvgIpc) is 3.45. The Morgan fingerprint density at radius 1 is 1.02 bits per heavy atom. The van der Waals surface area contributed by atoms with Gasteiger partial charge in [-0.2, -0.15) is 0 Å². The van der Waals surface area contributed by atoms with Crippen molar-refractivity contribution in [1.82, 2.24) is 9.97 Å². The normalized spacial score (nSPS) is 11.6. The molecular weight excluding hydrogens is 546 g/mol. The first-order chi connectivity index (χ1) is 20.1. The van der Waals surface area contributed by atoms with Crippen molar-refractivity contribution in [1.29, 1.82) is 0 Å². The number of pyridine rings is 1. The van der Waals surface area contributed by atoms with Crippen LogP contribution in [0.3, 0.4) is 0 Å². The highest BCUT2D eigenvalue weighted by atomic mass is 32.1. The van der Waals surface area contributed by atoms with Gasteiger partial charge in [0.15, 0.2) is 0 Å². The molecule has 0 spiro atoms. The van der Waals surface area contributed by atoms with Gasteiger partial charge in [-0.3, -0.25) is 4.98 Å². The number of thiazole rings is 1. The van der Waals surface area contributed by atoms with Crippen molar-refractivity contribution in [2.45, 2.75) is 78.0 Å². The van der Waals surface area contributed by atoms with Crippen molar-refractivity contribution in [3.8, 4) is 17.0 Å². The van der Waals surface area contributed by atoms with Crippen molar-refractivity contribution in [2.24, 2.45) is 0 Å². The number of carbonyl (C=O) groups is 1. The Kier molecular flexibility index (Phi) is 10.7. The zero-order chi connectivity index (χ0) is 30.1. The van der Waals surface area contributed by atoms with E-state index in [2.05, 4.69) is 72.3 Å². The van der Waals surface area contributed by atoms with Gasteiger partial charge < -0.3 is 19.8 Å². The summed E-state index contributed by atoms with van der Waals surface area (Å²) in [6, 6.07) is 18.7. The maximum Gasteiger partial charge on any atom is 0.337 e. The molecule has 0 bridgehead atoms. The lowest BCUT2D eigenvalue weighted by atomic mass is 9.90. The van der Waals surface area contributed by atoms with Gasteiger partial charge in [-0.15, -0.1) is 11.3 Å². The van der Waals surface area contributed by atoms with Gasteiger partial charge >= 0.3 is 5.97 Å². The summed E-state index contributed by atoms with van der Waals surface area (Å²) in [6.45, 7) is 9.61. The molecule has 7 nitrogen and oxygen atoms in total. The fourth-order valence-electron chi connectivity index (χ4n) is 5.11. The summed E-state index contributed by atoms with van der Waals surface area (Å²) in [5.74, 6) is -0.0535. The molecule has 0 radical (unpaired) electrons. The number of nitrogens with zero attached hydrogens (tertiary/aromatic N) is 3. The minimum absolute atomic E-state index is 0.0816. The molecule has 2 aromatic heterocycles. The van der Waals surface area contributed by atoms with Crippen molar-refractivity contribution >= 4 is 23.0 Å². The monoisotopic (exact) mass is 587 g/mol. The topological polar surface area (TPSA) is 95.8 Å². The Hall–Kier alpha value is -3.75. The van der Waals surface area contributed by atoms with Crippen LogP contribution in [0.15, 0.2) is 72.4 Å². The summed E-state index contributed by atoms with van der Waals surface area (Å²) in [7, 11) is 0. The van der Waals surface area contributed by atoms with Gasteiger partial charge in [0, 0.05) is 35.9 Å². The van der Waals surface area contributed by atoms with E-state index in [9.17, 15) is 9.90 Å². The van der Waals surface area contributed by atoms with Crippen molar-refractivity contribution in [3.05, 3.63) is 94.1 Å². The van der Waals surface area contributed by atoms with E-state index in [4.69, 9.17) is 14.8 Å². The first-order valence-corrected chi connectivity index (χ1v) is 15.4. The molecule has 2 N–H and O–H groups in total. The van der Waals surface area contributed by atoms with Crippen molar-refractivity contribution < 1.29 is 19.7 Å². The Balaban J connectivity index is 1.43. The molecule has 4 rings (SSSR count). The van der Waals surface area contributed by atoms with Gasteiger partial charge in [0.05, 0.1) is 23.1 Å². The van der Waals surface area contributed by atoms with Crippen LogP contribution in [-0.4, -0.2) is 38.3 Å². The number of benzene rings is 2. The van der Waals surface area contributed by atoms with Crippen LogP contribution in [-0.2, 0) is 13.2 Å². The van der Waals surface area contributed by atoms with Crippen molar-refractivity contribution in [3.63, 3.8) is 0 Å². The molecule has 222 valence electrons. The summed E-state index contributed by atoms with van der Waals surface area (Å²) < 4.78 is 5.72. The van der Waals surface area contributed by atoms with E-state index >= 15 is 0 Å². The lowest BCUT2D eigenvalue weighted by Gasteiger charge is -2.31. The lowest BCUT2D eigenvalue weighted by Crippen LogP contribution is -2.38. The van der Waals surface area contributed by atoms with E-state index in [1.165, 1.54) is 61.0 Å². The predicted octanol–water partition coefficient (Wildman–Crippen LogP) is 7.94. The van der Waals surface area contributed by atoms with Gasteiger partial charge in [0.2, 0.25) is 0 Å². The second-order valence-corrected chi connectivity index (χ2v) is 12.3. The van der Waals surface area contributed by atoms with Crippen LogP contribution in [0.4, 0.5) is 5.69 Å². The highest BCUT2D eigenvalue weighted by Gasteiger charge is 2.20. The minimum Gasteiger partial charge on any atom is -0.485 e. The molecule has 0 unspecified atom stereocenters. The fraction of sp³-hybridized carbons (Fsp3) is 0.382. The molecule has 0 aliphatic rings. The number of aliphatic hydroxyl groups is 1. The molecule has 0 aliphatic carbocycles. The van der Waals surface area contributed by atoms with E-state index in [0.29, 0.717) is 24.8 Å². The molecule has 0 saturated carbocycles. The smallest absolute Gasteiger partial charge is 0.337 e. The largest absolute Gasteiger partial charge is 0.485 e. The lowest BCUT2D eigenvalue weighted by molar-refractivity contribution is 0.0695. The first-order valence-electron chi connectivity index (χ1n) is 14.6. The highest BCUT2D eigenvalue weighted by molar-refractivity contribution is 7.09. The Morgan fingerprint density at radius 3 is 2.33 bits per heavy atom. The molecule has 0 aliphatic heterocycles. The predicted molar refractivity (Wildman–Crippen MR) is 169 cm³/mol. The van der Waals surface area contributed by atoms with Crippen LogP contribution in [0, 0.1) is 0 Å². The third-order valence-corrected chi connectivity index (χ3v) is 7.90. The second-order valence-electron chi connectivity index (χ2n) is 11.4. The minimum atomic E-state index is -1.04. The number of carboxylic acids is 1. The summed E-state index contributed by atoms with van der Waals surface area (Å²) >= 11 is 1.49. The molecule has 0 amide bonds. The second kappa shape index (κ2) is 14.4. The van der Waals surface area contributed by atoms with Crippen LogP contribution in [0.5, 0.6) is 5.75 Å². The number of aromatic carboxylic acids is 1. The van der Waals surface area contributed by atoms with E-state index in [-0.39, 0.29) is 12.2 Å². The van der Waals surface area contributed by atoms with Crippen LogP contribution in [0.25, 0.3) is 11.3 Å². The van der Waals surface area contributed by atoms with Crippen molar-refractivity contribution in [2.75, 3.05) is 11.4 Å². The first kappa shape index (κ1) is 31.2. The number of carboxylic acid groups (broad SMARTS) is 1. The van der Waals surface area contributed by atoms with Crippen LogP contribution in [0.1, 0.15) is 85.8 Å². The summed E-state index contributed by atoms with van der Waals surface area (Å²) in [5, 5.41) is 22.6. The number of hydrogen-bond donors (Lipinski definition) is 2.